The number of carbonyl (C=O) groups excluding carboxylic acids is 4. The van der Waals surface area contributed by atoms with Crippen molar-refractivity contribution in [3.05, 3.63) is 0 Å². The summed E-state index contributed by atoms with van der Waals surface area (Å²) in [6.07, 6.45) is -3.83. The Balaban J connectivity index is 4.41. The first-order valence-electron chi connectivity index (χ1n) is 6.18. The van der Waals surface area contributed by atoms with Crippen molar-refractivity contribution >= 4 is 23.9 Å². The minimum atomic E-state index is -2.29. The number of aliphatic hydroxyl groups is 2. The zero-order valence-electron chi connectivity index (χ0n) is 11.3. The maximum atomic E-state index is 11.2. The fourth-order valence-corrected chi connectivity index (χ4v) is 1.11. The monoisotopic (exact) mass is 290 g/mol. The number of rotatable bonds is 7. The molecule has 2 atom stereocenters. The van der Waals surface area contributed by atoms with Gasteiger partial charge in [-0.2, -0.15) is 0 Å². The predicted octanol–water partition coefficient (Wildman–Crippen LogP) is -0.552. The smallest absolute Gasteiger partial charge is 0.346 e. The summed E-state index contributed by atoms with van der Waals surface area (Å²) in [6.45, 7) is 3.35. The van der Waals surface area contributed by atoms with Gasteiger partial charge in [0.1, 0.15) is 0 Å². The number of hydrogen-bond donors (Lipinski definition) is 2. The summed E-state index contributed by atoms with van der Waals surface area (Å²) in [4.78, 5) is 44.5. The van der Waals surface area contributed by atoms with Gasteiger partial charge in [0.25, 0.3) is 0 Å². The van der Waals surface area contributed by atoms with Gasteiger partial charge in [0, 0.05) is 12.8 Å². The highest BCUT2D eigenvalue weighted by molar-refractivity contribution is 5.94. The Morgan fingerprint density at radius 2 is 1.10 bits per heavy atom. The van der Waals surface area contributed by atoms with Crippen LogP contribution >= 0.6 is 0 Å². The molecule has 0 bridgehead atoms. The molecule has 0 aliphatic rings. The number of aliphatic hydroxyl groups excluding tert-OH is 2. The Hall–Kier alpha value is -1.80. The quantitative estimate of drug-likeness (QED) is 0.472. The Bertz CT molecular complexity index is 340. The average Bonchev–Trinajstić information content (AvgIpc) is 2.37. The molecule has 114 valence electrons. The van der Waals surface area contributed by atoms with E-state index in [2.05, 4.69) is 9.47 Å². The predicted molar refractivity (Wildman–Crippen MR) is 64.0 cm³/mol. The van der Waals surface area contributed by atoms with Gasteiger partial charge in [-0.05, 0) is 12.8 Å². The van der Waals surface area contributed by atoms with Gasteiger partial charge < -0.3 is 19.7 Å². The molecule has 0 aromatic rings. The molecule has 0 heterocycles. The molecule has 0 aliphatic heterocycles. The second-order valence-electron chi connectivity index (χ2n) is 3.98. The lowest BCUT2D eigenvalue weighted by Crippen LogP contribution is -2.42. The Morgan fingerprint density at radius 1 is 0.800 bits per heavy atom. The molecule has 0 amide bonds. The van der Waals surface area contributed by atoms with E-state index in [9.17, 15) is 29.4 Å². The van der Waals surface area contributed by atoms with Gasteiger partial charge in [-0.3, -0.25) is 9.59 Å². The van der Waals surface area contributed by atoms with Gasteiger partial charge >= 0.3 is 23.9 Å². The molecule has 8 nitrogen and oxygen atoms in total. The van der Waals surface area contributed by atoms with Crippen molar-refractivity contribution in [2.45, 2.75) is 51.7 Å². The summed E-state index contributed by atoms with van der Waals surface area (Å²) in [5, 5.41) is 18.7. The Morgan fingerprint density at radius 3 is 1.35 bits per heavy atom. The maximum Gasteiger partial charge on any atom is 0.346 e. The van der Waals surface area contributed by atoms with Crippen LogP contribution in [0.3, 0.4) is 0 Å². The van der Waals surface area contributed by atoms with Crippen molar-refractivity contribution < 1.29 is 38.9 Å². The normalized spacial score (nSPS) is 13.2. The zero-order valence-corrected chi connectivity index (χ0v) is 11.3. The molecule has 2 N–H and O–H groups in total. The fourth-order valence-electron chi connectivity index (χ4n) is 1.11. The van der Waals surface area contributed by atoms with Gasteiger partial charge in [0.15, 0.2) is 12.2 Å². The molecule has 20 heavy (non-hydrogen) atoms. The first kappa shape index (κ1) is 18.2. The van der Waals surface area contributed by atoms with Crippen LogP contribution in [0, 0.1) is 0 Å². The topological polar surface area (TPSA) is 127 Å². The molecule has 0 saturated carbocycles. The minimum absolute atomic E-state index is 0.0476. The van der Waals surface area contributed by atoms with Gasteiger partial charge in [0.2, 0.25) is 0 Å². The zero-order chi connectivity index (χ0) is 15.7. The summed E-state index contributed by atoms with van der Waals surface area (Å²) in [7, 11) is 0. The lowest BCUT2D eigenvalue weighted by Gasteiger charge is -2.14. The first-order chi connectivity index (χ1) is 9.33. The van der Waals surface area contributed by atoms with Crippen LogP contribution in [-0.2, 0) is 28.7 Å². The molecule has 0 radical (unpaired) electrons. The molecule has 0 rings (SSSR count). The van der Waals surface area contributed by atoms with Gasteiger partial charge in [-0.25, -0.2) is 9.59 Å². The molecule has 0 aromatic heterocycles. The van der Waals surface area contributed by atoms with Crippen LogP contribution in [-0.4, -0.2) is 46.3 Å². The molecule has 0 saturated heterocycles. The van der Waals surface area contributed by atoms with E-state index < -0.39 is 36.1 Å². The summed E-state index contributed by atoms with van der Waals surface area (Å²) in [6, 6.07) is 0. The average molecular weight is 290 g/mol. The molecule has 0 aromatic carbocycles. The lowest BCUT2D eigenvalue weighted by molar-refractivity contribution is -0.180. The summed E-state index contributed by atoms with van der Waals surface area (Å²) in [5.74, 6) is -4.73. The maximum absolute atomic E-state index is 11.2. The largest absolute Gasteiger partial charge is 0.391 e. The van der Waals surface area contributed by atoms with Crippen LogP contribution in [0.4, 0.5) is 0 Å². The molecular weight excluding hydrogens is 272 g/mol. The summed E-state index contributed by atoms with van der Waals surface area (Å²) >= 11 is 0. The van der Waals surface area contributed by atoms with Crippen molar-refractivity contribution in [2.75, 3.05) is 0 Å². The van der Waals surface area contributed by atoms with Crippen molar-refractivity contribution in [2.24, 2.45) is 0 Å². The standard InChI is InChI=1S/C12H18O8/c1-3-5-7(13)19-11(17)9(15)10(16)12(18)20-8(14)6-4-2/h9-10,15-16H,3-6H2,1-2H3. The molecule has 0 fully saturated rings. The van der Waals surface area contributed by atoms with Crippen LogP contribution in [0.5, 0.6) is 0 Å². The number of carbonyl (C=O) groups is 4. The molecule has 8 heteroatoms. The number of hydrogen-bond acceptors (Lipinski definition) is 8. The van der Waals surface area contributed by atoms with Crippen LogP contribution in [0.25, 0.3) is 0 Å². The van der Waals surface area contributed by atoms with E-state index in [4.69, 9.17) is 0 Å². The summed E-state index contributed by atoms with van der Waals surface area (Å²) in [5.41, 5.74) is 0. The van der Waals surface area contributed by atoms with E-state index in [-0.39, 0.29) is 12.8 Å². The molecule has 0 spiro atoms. The highest BCUT2D eigenvalue weighted by atomic mass is 16.6. The van der Waals surface area contributed by atoms with E-state index in [1.807, 2.05) is 0 Å². The molecular formula is C12H18O8. The van der Waals surface area contributed by atoms with Crippen LogP contribution in [0.15, 0.2) is 0 Å². The van der Waals surface area contributed by atoms with E-state index in [1.165, 1.54) is 0 Å². The van der Waals surface area contributed by atoms with Gasteiger partial charge in [-0.15, -0.1) is 0 Å². The minimum Gasteiger partial charge on any atom is -0.391 e. The van der Waals surface area contributed by atoms with E-state index >= 15 is 0 Å². The van der Waals surface area contributed by atoms with Gasteiger partial charge in [-0.1, -0.05) is 13.8 Å². The Labute approximate surface area is 115 Å². The second kappa shape index (κ2) is 9.16. The van der Waals surface area contributed by atoms with Crippen molar-refractivity contribution in [1.82, 2.24) is 0 Å². The lowest BCUT2D eigenvalue weighted by atomic mass is 10.2. The third kappa shape index (κ3) is 6.39. The van der Waals surface area contributed by atoms with Crippen LogP contribution in [0.1, 0.15) is 39.5 Å². The second-order valence-corrected chi connectivity index (χ2v) is 3.98. The van der Waals surface area contributed by atoms with Crippen molar-refractivity contribution in [1.29, 1.82) is 0 Å². The molecule has 2 unspecified atom stereocenters. The fraction of sp³-hybridized carbons (Fsp3) is 0.667. The third-order valence-electron chi connectivity index (χ3n) is 2.12. The number of esters is 4. The number of ether oxygens (including phenoxy) is 2. The third-order valence-corrected chi connectivity index (χ3v) is 2.12. The Kier molecular flexibility index (Phi) is 8.33. The van der Waals surface area contributed by atoms with E-state index in [0.717, 1.165) is 0 Å². The molecule has 0 aliphatic carbocycles. The first-order valence-corrected chi connectivity index (χ1v) is 6.18. The SMILES string of the molecule is CCCC(=O)OC(=O)C(O)C(O)C(=O)OC(=O)CCC. The van der Waals surface area contributed by atoms with E-state index in [0.29, 0.717) is 12.8 Å². The van der Waals surface area contributed by atoms with Crippen molar-refractivity contribution in [3.8, 4) is 0 Å². The highest BCUT2D eigenvalue weighted by Gasteiger charge is 2.35. The summed E-state index contributed by atoms with van der Waals surface area (Å²) < 4.78 is 8.39. The van der Waals surface area contributed by atoms with Crippen LogP contribution in [0.2, 0.25) is 0 Å². The van der Waals surface area contributed by atoms with E-state index in [1.54, 1.807) is 13.8 Å². The van der Waals surface area contributed by atoms with Gasteiger partial charge in [0.05, 0.1) is 0 Å². The van der Waals surface area contributed by atoms with Crippen LogP contribution < -0.4 is 0 Å². The highest BCUT2D eigenvalue weighted by Crippen LogP contribution is 2.03. The van der Waals surface area contributed by atoms with Crippen molar-refractivity contribution in [3.63, 3.8) is 0 Å².